The van der Waals surface area contributed by atoms with Crippen molar-refractivity contribution < 1.29 is 9.59 Å². The Morgan fingerprint density at radius 2 is 1.81 bits per heavy atom. The van der Waals surface area contributed by atoms with E-state index < -0.39 is 5.91 Å². The largest absolute Gasteiger partial charge is 0.364 e. The molecule has 2 heterocycles. The van der Waals surface area contributed by atoms with Gasteiger partial charge in [0.2, 0.25) is 11.9 Å². The van der Waals surface area contributed by atoms with Crippen molar-refractivity contribution in [1.29, 1.82) is 0 Å². The number of hydrogen-bond acceptors (Lipinski definition) is 8. The van der Waals surface area contributed by atoms with Crippen LogP contribution in [0.2, 0.25) is 0 Å². The number of benzene rings is 1. The van der Waals surface area contributed by atoms with Crippen molar-refractivity contribution in [3.63, 3.8) is 0 Å². The molecule has 1 saturated carbocycles. The minimum Gasteiger partial charge on any atom is -0.364 e. The summed E-state index contributed by atoms with van der Waals surface area (Å²) in [7, 11) is 2.16. The number of nitrogens with zero attached hydrogens (tertiary/aromatic N) is 4. The molecule has 1 aromatic heterocycles. The topological polar surface area (TPSA) is 138 Å². The number of nitrogens with two attached hydrogens (primary N) is 1. The van der Waals surface area contributed by atoms with Gasteiger partial charge in [-0.05, 0) is 80.9 Å². The molecule has 192 valence electrons. The van der Waals surface area contributed by atoms with E-state index in [0.29, 0.717) is 5.95 Å². The van der Waals surface area contributed by atoms with Gasteiger partial charge >= 0.3 is 0 Å². The molecule has 0 radical (unpaired) electrons. The molecule has 2 aromatic rings. The van der Waals surface area contributed by atoms with Crippen LogP contribution in [-0.2, 0) is 10.2 Å². The van der Waals surface area contributed by atoms with Crippen molar-refractivity contribution in [1.82, 2.24) is 25.4 Å². The number of carbonyl (C=O) groups excluding carboxylic acids is 2. The van der Waals surface area contributed by atoms with Gasteiger partial charge in [-0.15, -0.1) is 10.2 Å². The minimum absolute atomic E-state index is 0.0255. The van der Waals surface area contributed by atoms with E-state index in [0.717, 1.165) is 44.5 Å². The van der Waals surface area contributed by atoms with Crippen LogP contribution in [0.25, 0.3) is 0 Å². The molecule has 10 nitrogen and oxygen atoms in total. The summed E-state index contributed by atoms with van der Waals surface area (Å²) in [6.07, 6.45) is 5.18. The van der Waals surface area contributed by atoms with Crippen molar-refractivity contribution in [2.24, 2.45) is 11.7 Å². The van der Waals surface area contributed by atoms with Gasteiger partial charge in [-0.1, -0.05) is 32.6 Å². The Labute approximate surface area is 212 Å². The Morgan fingerprint density at radius 3 is 2.44 bits per heavy atom. The molecule has 1 aliphatic carbocycles. The number of hydrogen-bond donors (Lipinski definition) is 4. The molecular formula is C26H36N8O2. The van der Waals surface area contributed by atoms with E-state index in [1.54, 1.807) is 0 Å². The Hall–Kier alpha value is -3.53. The monoisotopic (exact) mass is 492 g/mol. The predicted octanol–water partition coefficient (Wildman–Crippen LogP) is 2.58. The lowest BCUT2D eigenvalue weighted by molar-refractivity contribution is -0.117. The SMILES string of the molecule is C=CC(=O)NC1CC[C@@H](Nc2nnc(C(N)=O)c(Nc3ccc(C4(C)CCN(C)CC4)cc3)n2)[C@H]1C. The Kier molecular flexibility index (Phi) is 7.53. The first kappa shape index (κ1) is 25.6. The lowest BCUT2D eigenvalue weighted by Crippen LogP contribution is -2.39. The normalized spacial score (nSPS) is 23.6. The van der Waals surface area contributed by atoms with E-state index in [9.17, 15) is 9.59 Å². The van der Waals surface area contributed by atoms with Crippen LogP contribution in [0.3, 0.4) is 0 Å². The molecule has 2 amide bonds. The molecule has 0 bridgehead atoms. The fourth-order valence-electron chi connectivity index (χ4n) is 5.11. The molecule has 1 aromatic carbocycles. The van der Waals surface area contributed by atoms with Gasteiger partial charge in [-0.3, -0.25) is 9.59 Å². The molecule has 4 rings (SSSR count). The van der Waals surface area contributed by atoms with Crippen LogP contribution in [0.4, 0.5) is 17.5 Å². The minimum atomic E-state index is -0.707. The van der Waals surface area contributed by atoms with Gasteiger partial charge in [0.25, 0.3) is 5.91 Å². The highest BCUT2D eigenvalue weighted by molar-refractivity contribution is 5.96. The first-order valence-electron chi connectivity index (χ1n) is 12.5. The van der Waals surface area contributed by atoms with Crippen molar-refractivity contribution in [2.45, 2.75) is 57.0 Å². The number of piperidine rings is 1. The second kappa shape index (κ2) is 10.6. The number of primary amides is 1. The van der Waals surface area contributed by atoms with Crippen LogP contribution in [0.15, 0.2) is 36.9 Å². The van der Waals surface area contributed by atoms with Crippen LogP contribution in [0, 0.1) is 5.92 Å². The molecule has 10 heteroatoms. The third kappa shape index (κ3) is 5.64. The molecule has 2 aliphatic rings. The number of rotatable bonds is 8. The second-order valence-corrected chi connectivity index (χ2v) is 10.3. The molecule has 1 unspecified atom stereocenters. The van der Waals surface area contributed by atoms with Crippen molar-refractivity contribution >= 4 is 29.3 Å². The van der Waals surface area contributed by atoms with E-state index >= 15 is 0 Å². The summed E-state index contributed by atoms with van der Waals surface area (Å²) in [6, 6.07) is 8.32. The number of nitrogens with one attached hydrogen (secondary N) is 3. The van der Waals surface area contributed by atoms with Gasteiger partial charge in [0.1, 0.15) is 0 Å². The molecule has 0 spiro atoms. The fourth-order valence-corrected chi connectivity index (χ4v) is 5.11. The van der Waals surface area contributed by atoms with Crippen molar-refractivity contribution in [3.8, 4) is 0 Å². The maximum Gasteiger partial charge on any atom is 0.273 e. The number of amides is 2. The van der Waals surface area contributed by atoms with Crippen LogP contribution >= 0.6 is 0 Å². The summed E-state index contributed by atoms with van der Waals surface area (Å²) in [5, 5.41) is 17.6. The van der Waals surface area contributed by atoms with E-state index in [-0.39, 0.29) is 40.8 Å². The average Bonchev–Trinajstić information content (AvgIpc) is 3.20. The van der Waals surface area contributed by atoms with E-state index in [2.05, 4.69) is 75.6 Å². The van der Waals surface area contributed by atoms with Gasteiger partial charge < -0.3 is 26.6 Å². The average molecular weight is 493 g/mol. The van der Waals surface area contributed by atoms with Crippen molar-refractivity contribution in [3.05, 3.63) is 48.2 Å². The highest BCUT2D eigenvalue weighted by Gasteiger charge is 2.34. The molecule has 3 atom stereocenters. The highest BCUT2D eigenvalue weighted by Crippen LogP contribution is 2.35. The standard InChI is InChI=1S/C26H36N8O2/c1-5-21(35)29-19-10-11-20(16(19)2)30-25-31-24(22(23(27)36)32-33-25)28-18-8-6-17(7-9-18)26(3)12-14-34(4)15-13-26/h5-9,16,19-20H,1,10-15H2,2-4H3,(H2,27,36)(H,29,35)(H2,28,30,31,33)/t16-,19?,20+/m0/s1. The van der Waals surface area contributed by atoms with E-state index in [4.69, 9.17) is 5.73 Å². The third-order valence-corrected chi connectivity index (χ3v) is 7.74. The highest BCUT2D eigenvalue weighted by atomic mass is 16.2. The van der Waals surface area contributed by atoms with E-state index in [1.807, 2.05) is 12.1 Å². The fraction of sp³-hybridized carbons (Fsp3) is 0.500. The van der Waals surface area contributed by atoms with E-state index in [1.165, 1.54) is 11.6 Å². The van der Waals surface area contributed by atoms with Gasteiger partial charge in [-0.25, -0.2) is 0 Å². The summed E-state index contributed by atoms with van der Waals surface area (Å²) < 4.78 is 0. The Morgan fingerprint density at radius 1 is 1.14 bits per heavy atom. The second-order valence-electron chi connectivity index (χ2n) is 10.3. The zero-order chi connectivity index (χ0) is 25.9. The number of aromatic nitrogens is 3. The van der Waals surface area contributed by atoms with Crippen LogP contribution in [0.5, 0.6) is 0 Å². The zero-order valence-corrected chi connectivity index (χ0v) is 21.3. The van der Waals surface area contributed by atoms with Crippen LogP contribution in [0.1, 0.15) is 55.6 Å². The molecule has 1 saturated heterocycles. The lowest BCUT2D eigenvalue weighted by atomic mass is 9.74. The number of likely N-dealkylation sites (tertiary alicyclic amines) is 1. The summed E-state index contributed by atoms with van der Waals surface area (Å²) >= 11 is 0. The summed E-state index contributed by atoms with van der Waals surface area (Å²) in [5.41, 5.74) is 7.74. The predicted molar refractivity (Wildman–Crippen MR) is 140 cm³/mol. The molecule has 5 N–H and O–H groups in total. The third-order valence-electron chi connectivity index (χ3n) is 7.74. The van der Waals surface area contributed by atoms with Crippen LogP contribution < -0.4 is 21.7 Å². The summed E-state index contributed by atoms with van der Waals surface area (Å²) in [6.45, 7) is 10.1. The van der Waals surface area contributed by atoms with Gasteiger partial charge in [-0.2, -0.15) is 4.98 Å². The van der Waals surface area contributed by atoms with Gasteiger partial charge in [0, 0.05) is 17.8 Å². The molecular weight excluding hydrogens is 456 g/mol. The summed E-state index contributed by atoms with van der Waals surface area (Å²) in [5.74, 6) is -0.191. The zero-order valence-electron chi connectivity index (χ0n) is 21.3. The maximum atomic E-state index is 12.0. The smallest absolute Gasteiger partial charge is 0.273 e. The molecule has 2 fully saturated rings. The van der Waals surface area contributed by atoms with Gasteiger partial charge in [0.15, 0.2) is 11.5 Å². The maximum absolute atomic E-state index is 12.0. The first-order chi connectivity index (χ1) is 17.2. The first-order valence-corrected chi connectivity index (χ1v) is 12.5. The summed E-state index contributed by atoms with van der Waals surface area (Å²) in [4.78, 5) is 30.6. The Bertz CT molecular complexity index is 1110. The van der Waals surface area contributed by atoms with Gasteiger partial charge in [0.05, 0.1) is 0 Å². The number of carbonyl (C=O) groups is 2. The lowest BCUT2D eigenvalue weighted by Gasteiger charge is -2.38. The van der Waals surface area contributed by atoms with Crippen LogP contribution in [-0.4, -0.2) is 64.1 Å². The number of anilines is 3. The quantitative estimate of drug-likeness (QED) is 0.413. The molecule has 36 heavy (non-hydrogen) atoms. The van der Waals surface area contributed by atoms with Crippen molar-refractivity contribution in [2.75, 3.05) is 30.8 Å². The molecule has 1 aliphatic heterocycles. The Balaban J connectivity index is 1.48.